The van der Waals surface area contributed by atoms with Crippen molar-refractivity contribution in [3.05, 3.63) is 35.4 Å². The zero-order valence-electron chi connectivity index (χ0n) is 18.0. The van der Waals surface area contributed by atoms with Crippen LogP contribution in [0.15, 0.2) is 24.3 Å². The number of alkyl halides is 3. The molecule has 2 bridgehead atoms. The fourth-order valence-corrected chi connectivity index (χ4v) is 5.61. The van der Waals surface area contributed by atoms with Crippen LogP contribution in [0, 0.1) is 11.8 Å². The lowest BCUT2D eigenvalue weighted by Gasteiger charge is -2.51. The van der Waals surface area contributed by atoms with Crippen LogP contribution in [0.5, 0.6) is 0 Å². The van der Waals surface area contributed by atoms with Crippen molar-refractivity contribution >= 4 is 5.91 Å². The number of hydrogen-bond donors (Lipinski definition) is 1. The number of ether oxygens (including phenoxy) is 1. The lowest BCUT2D eigenvalue weighted by Crippen LogP contribution is -2.58. The summed E-state index contributed by atoms with van der Waals surface area (Å²) in [5.41, 5.74) is -0.475. The second-order valence-corrected chi connectivity index (χ2v) is 9.22. The fraction of sp³-hybridized carbons (Fsp3) is 0.696. The zero-order chi connectivity index (χ0) is 22.0. The number of methoxy groups -OCH3 is 1. The van der Waals surface area contributed by atoms with Crippen LogP contribution >= 0.6 is 0 Å². The van der Waals surface area contributed by atoms with Crippen LogP contribution in [0.1, 0.15) is 41.6 Å². The van der Waals surface area contributed by atoms with Crippen molar-refractivity contribution in [1.82, 2.24) is 15.1 Å². The first kappa shape index (κ1) is 22.6. The Hall–Kier alpha value is -1.64. The number of rotatable bonds is 7. The SMILES string of the molecule is COC[C@H]1CCCN1C[C@H]1CN2CC[C@H]1C[C@@H]2CNC(=O)c1ccc(C(F)(F)F)cc1. The van der Waals surface area contributed by atoms with Gasteiger partial charge in [0.25, 0.3) is 5.91 Å². The summed E-state index contributed by atoms with van der Waals surface area (Å²) in [6.07, 6.45) is 0.345. The quantitative estimate of drug-likeness (QED) is 0.709. The fourth-order valence-electron chi connectivity index (χ4n) is 5.61. The lowest BCUT2D eigenvalue weighted by molar-refractivity contribution is -0.137. The van der Waals surface area contributed by atoms with E-state index in [4.69, 9.17) is 4.74 Å². The Morgan fingerprint density at radius 3 is 2.58 bits per heavy atom. The molecule has 4 heterocycles. The number of benzene rings is 1. The number of halogens is 3. The van der Waals surface area contributed by atoms with Crippen LogP contribution in [-0.2, 0) is 10.9 Å². The highest BCUT2D eigenvalue weighted by Crippen LogP contribution is 2.37. The molecular weight excluding hydrogens is 407 g/mol. The van der Waals surface area contributed by atoms with Crippen LogP contribution in [0.4, 0.5) is 13.2 Å². The van der Waals surface area contributed by atoms with Crippen molar-refractivity contribution in [2.75, 3.05) is 46.4 Å². The number of carbonyl (C=O) groups is 1. The van der Waals surface area contributed by atoms with Crippen LogP contribution < -0.4 is 5.32 Å². The summed E-state index contributed by atoms with van der Waals surface area (Å²) >= 11 is 0. The molecule has 1 aromatic carbocycles. The lowest BCUT2D eigenvalue weighted by atomic mass is 9.75. The molecule has 4 saturated heterocycles. The molecule has 0 radical (unpaired) electrons. The van der Waals surface area contributed by atoms with Crippen LogP contribution in [-0.4, -0.2) is 74.2 Å². The van der Waals surface area contributed by atoms with E-state index in [0.29, 0.717) is 30.5 Å². The van der Waals surface area contributed by atoms with Crippen LogP contribution in [0.3, 0.4) is 0 Å². The monoisotopic (exact) mass is 439 g/mol. The van der Waals surface area contributed by atoms with Crippen molar-refractivity contribution < 1.29 is 22.7 Å². The summed E-state index contributed by atoms with van der Waals surface area (Å²) in [5, 5.41) is 2.93. The van der Waals surface area contributed by atoms with Gasteiger partial charge in [0.1, 0.15) is 0 Å². The van der Waals surface area contributed by atoms with Crippen molar-refractivity contribution in [2.24, 2.45) is 11.8 Å². The summed E-state index contributed by atoms with van der Waals surface area (Å²) < 4.78 is 43.5. The van der Waals surface area contributed by atoms with E-state index in [9.17, 15) is 18.0 Å². The van der Waals surface area contributed by atoms with Gasteiger partial charge >= 0.3 is 6.18 Å². The highest BCUT2D eigenvalue weighted by atomic mass is 19.4. The highest BCUT2D eigenvalue weighted by molar-refractivity contribution is 5.94. The Morgan fingerprint density at radius 1 is 1.16 bits per heavy atom. The first-order chi connectivity index (χ1) is 14.8. The van der Waals surface area contributed by atoms with E-state index >= 15 is 0 Å². The van der Waals surface area contributed by atoms with E-state index in [-0.39, 0.29) is 11.5 Å². The smallest absolute Gasteiger partial charge is 0.383 e. The number of fused-ring (bicyclic) bond motifs is 3. The third kappa shape index (κ3) is 5.23. The van der Waals surface area contributed by atoms with Gasteiger partial charge < -0.3 is 10.1 Å². The van der Waals surface area contributed by atoms with Crippen molar-refractivity contribution in [3.63, 3.8) is 0 Å². The third-order valence-corrected chi connectivity index (χ3v) is 7.31. The van der Waals surface area contributed by atoms with E-state index in [1.54, 1.807) is 7.11 Å². The van der Waals surface area contributed by atoms with Crippen LogP contribution in [0.2, 0.25) is 0 Å². The van der Waals surface area contributed by atoms with Gasteiger partial charge in [-0.1, -0.05) is 0 Å². The molecular formula is C23H32F3N3O2. The van der Waals surface area contributed by atoms with Gasteiger partial charge in [-0.05, 0) is 74.9 Å². The summed E-state index contributed by atoms with van der Waals surface area (Å²) in [5.74, 6) is 1.02. The Morgan fingerprint density at radius 2 is 1.94 bits per heavy atom. The molecule has 0 aliphatic carbocycles. The van der Waals surface area contributed by atoms with Gasteiger partial charge in [0.2, 0.25) is 0 Å². The molecule has 4 aliphatic rings. The van der Waals surface area contributed by atoms with Gasteiger partial charge in [-0.25, -0.2) is 0 Å². The molecule has 1 amide bonds. The Balaban J connectivity index is 1.27. The molecule has 1 N–H and O–H groups in total. The summed E-state index contributed by atoms with van der Waals surface area (Å²) in [4.78, 5) is 17.5. The Labute approximate surface area is 181 Å². The molecule has 0 spiro atoms. The normalized spacial score (nSPS) is 31.2. The summed E-state index contributed by atoms with van der Waals surface area (Å²) in [7, 11) is 1.77. The van der Waals surface area contributed by atoms with Gasteiger partial charge in [0.15, 0.2) is 0 Å². The minimum absolute atomic E-state index is 0.264. The molecule has 5 rings (SSSR count). The number of amides is 1. The second-order valence-electron chi connectivity index (χ2n) is 9.22. The Kier molecular flexibility index (Phi) is 6.89. The summed E-state index contributed by atoms with van der Waals surface area (Å²) in [6.45, 7) is 5.74. The first-order valence-electron chi connectivity index (χ1n) is 11.3. The highest BCUT2D eigenvalue weighted by Gasteiger charge is 2.41. The predicted molar refractivity (Wildman–Crippen MR) is 112 cm³/mol. The number of nitrogens with zero attached hydrogens (tertiary/aromatic N) is 2. The average molecular weight is 440 g/mol. The standard InChI is InChI=1S/C23H32F3N3O2/c1-31-15-20-3-2-9-28(20)13-18-14-29-10-8-17(18)11-21(29)12-27-22(30)16-4-6-19(7-5-16)23(24,25)26/h4-7,17-18,20-21H,2-3,8-15H2,1H3,(H,27,30)/t17-,18-,20+,21+/m0/s1. The van der Waals surface area contributed by atoms with Crippen molar-refractivity contribution in [1.29, 1.82) is 0 Å². The van der Waals surface area contributed by atoms with Gasteiger partial charge in [-0.3, -0.25) is 14.6 Å². The van der Waals surface area contributed by atoms with E-state index in [1.165, 1.54) is 31.4 Å². The molecule has 0 aromatic heterocycles. The second kappa shape index (κ2) is 9.46. The van der Waals surface area contributed by atoms with E-state index < -0.39 is 11.7 Å². The van der Waals surface area contributed by atoms with E-state index in [2.05, 4.69) is 15.1 Å². The predicted octanol–water partition coefficient (Wildman–Crippen LogP) is 3.26. The molecule has 5 atom stereocenters. The number of carbonyl (C=O) groups excluding carboxylic acids is 1. The number of nitrogens with one attached hydrogen (secondary N) is 1. The Bertz CT molecular complexity index is 755. The molecule has 5 nitrogen and oxygen atoms in total. The molecule has 1 aromatic rings. The minimum Gasteiger partial charge on any atom is -0.383 e. The summed E-state index contributed by atoms with van der Waals surface area (Å²) in [6, 6.07) is 5.25. The average Bonchev–Trinajstić information content (AvgIpc) is 3.19. The number of piperidine rings is 3. The van der Waals surface area contributed by atoms with Gasteiger partial charge in [-0.2, -0.15) is 13.2 Å². The molecule has 4 aliphatic heterocycles. The maximum absolute atomic E-state index is 12.7. The molecule has 0 saturated carbocycles. The molecule has 172 valence electrons. The van der Waals surface area contributed by atoms with Gasteiger partial charge in [0.05, 0.1) is 12.2 Å². The van der Waals surface area contributed by atoms with Crippen LogP contribution in [0.25, 0.3) is 0 Å². The maximum Gasteiger partial charge on any atom is 0.416 e. The first-order valence-corrected chi connectivity index (χ1v) is 11.3. The van der Waals surface area contributed by atoms with Crippen molar-refractivity contribution in [2.45, 2.75) is 43.9 Å². The van der Waals surface area contributed by atoms with E-state index in [1.807, 2.05) is 0 Å². The molecule has 8 heteroatoms. The van der Waals surface area contributed by atoms with Gasteiger partial charge in [-0.15, -0.1) is 0 Å². The maximum atomic E-state index is 12.7. The van der Waals surface area contributed by atoms with Gasteiger partial charge in [0, 0.05) is 44.4 Å². The molecule has 4 fully saturated rings. The molecule has 31 heavy (non-hydrogen) atoms. The molecule has 1 unspecified atom stereocenters. The topological polar surface area (TPSA) is 44.8 Å². The third-order valence-electron chi connectivity index (χ3n) is 7.31. The minimum atomic E-state index is -4.39. The van der Waals surface area contributed by atoms with Crippen molar-refractivity contribution in [3.8, 4) is 0 Å². The number of hydrogen-bond acceptors (Lipinski definition) is 4. The van der Waals surface area contributed by atoms with E-state index in [0.717, 1.165) is 51.3 Å². The zero-order valence-corrected chi connectivity index (χ0v) is 18.0. The number of likely N-dealkylation sites (tertiary alicyclic amines) is 1. The largest absolute Gasteiger partial charge is 0.416 e.